The number of amides is 1. The van der Waals surface area contributed by atoms with Gasteiger partial charge in [-0.1, -0.05) is 30.3 Å². The number of aromatic nitrogens is 3. The van der Waals surface area contributed by atoms with Gasteiger partial charge in [-0.05, 0) is 80.3 Å². The summed E-state index contributed by atoms with van der Waals surface area (Å²) in [4.78, 5) is 11.9. The van der Waals surface area contributed by atoms with E-state index in [-0.39, 0.29) is 35.4 Å². The summed E-state index contributed by atoms with van der Waals surface area (Å²) in [6.07, 6.45) is 3.50. The first-order valence-corrected chi connectivity index (χ1v) is 16.3. The number of aryl methyl sites for hydroxylation is 1. The van der Waals surface area contributed by atoms with Gasteiger partial charge in [0.1, 0.15) is 39.8 Å². The van der Waals surface area contributed by atoms with E-state index in [1.54, 1.807) is 80.3 Å². The number of alkyl carbamates (subject to hydrolysis) is 1. The molecule has 0 bridgehead atoms. The minimum absolute atomic E-state index is 0.0375. The van der Waals surface area contributed by atoms with E-state index in [0.29, 0.717) is 35.2 Å². The average Bonchev–Trinajstić information content (AvgIpc) is 3.64. The molecular formula is C33H36FN5O7S. The van der Waals surface area contributed by atoms with Crippen LogP contribution in [-0.4, -0.2) is 42.2 Å². The molecule has 0 radical (unpaired) electrons. The fourth-order valence-electron chi connectivity index (χ4n) is 4.70. The summed E-state index contributed by atoms with van der Waals surface area (Å²) < 4.78 is 67.4. The number of fused-ring (bicyclic) bond motifs is 1. The van der Waals surface area contributed by atoms with Crippen molar-refractivity contribution in [2.75, 3.05) is 11.8 Å². The molecule has 248 valence electrons. The number of anilines is 1. The molecule has 47 heavy (non-hydrogen) atoms. The van der Waals surface area contributed by atoms with Crippen LogP contribution in [0, 0.1) is 5.82 Å². The van der Waals surface area contributed by atoms with Crippen molar-refractivity contribution in [3.63, 3.8) is 0 Å². The van der Waals surface area contributed by atoms with Gasteiger partial charge >= 0.3 is 6.09 Å². The predicted octanol–water partition coefficient (Wildman–Crippen LogP) is 6.19. The van der Waals surface area contributed by atoms with E-state index in [9.17, 15) is 17.6 Å². The Bertz CT molecular complexity index is 1980. The van der Waals surface area contributed by atoms with E-state index in [4.69, 9.17) is 18.7 Å². The second-order valence-electron chi connectivity index (χ2n) is 11.8. The molecule has 0 saturated heterocycles. The number of nitrogens with one attached hydrogen (secondary N) is 2. The van der Waals surface area contributed by atoms with Crippen molar-refractivity contribution in [1.82, 2.24) is 20.3 Å². The molecule has 0 aliphatic carbocycles. The first-order valence-electron chi connectivity index (χ1n) is 14.8. The zero-order valence-corrected chi connectivity index (χ0v) is 27.5. The summed E-state index contributed by atoms with van der Waals surface area (Å²) in [7, 11) is -2.76. The summed E-state index contributed by atoms with van der Waals surface area (Å²) in [6.45, 7) is 7.89. The van der Waals surface area contributed by atoms with Crippen LogP contribution in [-0.2, 0) is 40.9 Å². The Morgan fingerprint density at radius 1 is 1.00 bits per heavy atom. The number of methoxy groups -OCH3 is 1. The lowest BCUT2D eigenvalue weighted by atomic mass is 10.1. The molecule has 0 saturated carbocycles. The van der Waals surface area contributed by atoms with Crippen molar-refractivity contribution in [3.05, 3.63) is 95.1 Å². The van der Waals surface area contributed by atoms with E-state index >= 15 is 0 Å². The van der Waals surface area contributed by atoms with E-state index in [1.165, 1.54) is 19.2 Å². The second kappa shape index (κ2) is 13.7. The molecule has 2 N–H and O–H groups in total. The number of hydrogen-bond acceptors (Lipinski definition) is 9. The van der Waals surface area contributed by atoms with Gasteiger partial charge < -0.3 is 24.1 Å². The summed E-state index contributed by atoms with van der Waals surface area (Å²) in [5, 5.41) is 11.4. The van der Waals surface area contributed by atoms with Gasteiger partial charge in [-0.25, -0.2) is 17.6 Å². The lowest BCUT2D eigenvalue weighted by Crippen LogP contribution is -2.32. The Hall–Kier alpha value is -5.11. The molecule has 5 rings (SSSR count). The Morgan fingerprint density at radius 2 is 1.74 bits per heavy atom. The topological polar surface area (TPSA) is 147 Å². The van der Waals surface area contributed by atoms with Crippen LogP contribution in [0.1, 0.15) is 49.9 Å². The molecule has 2 aromatic heterocycles. The molecule has 5 aromatic rings. The monoisotopic (exact) mass is 665 g/mol. The SMILES string of the molecule is CCc1ccc(OCc2ccc(F)cc2)c(S(=O)(=O)Nc2noc3cc(Cn4cc(CNC(=O)OC(C)(C)C)cn4)cc(OC)c23)c1. The highest BCUT2D eigenvalue weighted by Crippen LogP contribution is 2.36. The zero-order chi connectivity index (χ0) is 33.8. The summed E-state index contributed by atoms with van der Waals surface area (Å²) >= 11 is 0. The molecule has 2 heterocycles. The van der Waals surface area contributed by atoms with E-state index in [2.05, 4.69) is 20.3 Å². The van der Waals surface area contributed by atoms with E-state index < -0.39 is 21.7 Å². The van der Waals surface area contributed by atoms with Crippen LogP contribution < -0.4 is 19.5 Å². The summed E-state index contributed by atoms with van der Waals surface area (Å²) in [6, 6.07) is 14.1. The van der Waals surface area contributed by atoms with Crippen LogP contribution in [0.15, 0.2) is 76.4 Å². The molecule has 0 unspecified atom stereocenters. The van der Waals surface area contributed by atoms with Crippen LogP contribution in [0.3, 0.4) is 0 Å². The summed E-state index contributed by atoms with van der Waals surface area (Å²) in [5.74, 6) is 0.0342. The van der Waals surface area contributed by atoms with Crippen LogP contribution in [0.4, 0.5) is 15.0 Å². The normalized spacial score (nSPS) is 11.8. The van der Waals surface area contributed by atoms with Crippen LogP contribution in [0.2, 0.25) is 0 Å². The van der Waals surface area contributed by atoms with Gasteiger partial charge in [-0.2, -0.15) is 5.10 Å². The van der Waals surface area contributed by atoms with Crippen molar-refractivity contribution in [2.45, 2.75) is 64.3 Å². The standard InChI is InChI=1S/C33H36FN5O7S/c1-6-21-9-12-26(44-20-22-7-10-25(34)11-8-22)29(15-21)47(41,42)38-31-30-27(43-5)13-23(14-28(30)46-37-31)18-39-19-24(17-36-39)16-35-32(40)45-33(2,3)4/h7-15,17,19H,6,16,18,20H2,1-5H3,(H,35,40)(H,37,38). The second-order valence-corrected chi connectivity index (χ2v) is 13.4. The van der Waals surface area contributed by atoms with Crippen molar-refractivity contribution < 1.29 is 36.3 Å². The number of nitrogens with zero attached hydrogens (tertiary/aromatic N) is 3. The van der Waals surface area contributed by atoms with Gasteiger partial charge in [0.2, 0.25) is 0 Å². The highest BCUT2D eigenvalue weighted by atomic mass is 32.2. The Morgan fingerprint density at radius 3 is 2.45 bits per heavy atom. The quantitative estimate of drug-likeness (QED) is 0.159. The third-order valence-electron chi connectivity index (χ3n) is 6.93. The van der Waals surface area contributed by atoms with Gasteiger partial charge in [0, 0.05) is 18.3 Å². The van der Waals surface area contributed by atoms with Crippen molar-refractivity contribution in [1.29, 1.82) is 0 Å². The van der Waals surface area contributed by atoms with Crippen LogP contribution >= 0.6 is 0 Å². The van der Waals surface area contributed by atoms with Crippen LogP contribution in [0.25, 0.3) is 11.0 Å². The lowest BCUT2D eigenvalue weighted by Gasteiger charge is -2.19. The maximum Gasteiger partial charge on any atom is 0.407 e. The molecule has 12 nitrogen and oxygen atoms in total. The number of hydrogen-bond donors (Lipinski definition) is 2. The van der Waals surface area contributed by atoms with E-state index in [1.807, 2.05) is 6.92 Å². The van der Waals surface area contributed by atoms with Gasteiger partial charge in [0.25, 0.3) is 10.0 Å². The predicted molar refractivity (Wildman–Crippen MR) is 172 cm³/mol. The highest BCUT2D eigenvalue weighted by Gasteiger charge is 2.25. The molecule has 0 aliphatic heterocycles. The fraction of sp³-hybridized carbons (Fsp3) is 0.303. The molecule has 0 fully saturated rings. The Labute approximate surface area is 271 Å². The van der Waals surface area contributed by atoms with Crippen molar-refractivity contribution >= 4 is 32.9 Å². The van der Waals surface area contributed by atoms with Gasteiger partial charge in [0.15, 0.2) is 11.4 Å². The van der Waals surface area contributed by atoms with Gasteiger partial charge in [0.05, 0.1) is 19.9 Å². The smallest absolute Gasteiger partial charge is 0.407 e. The Kier molecular flexibility index (Phi) is 9.70. The number of sulfonamides is 1. The first kappa shape index (κ1) is 33.3. The summed E-state index contributed by atoms with van der Waals surface area (Å²) in [5.41, 5.74) is 2.68. The number of ether oxygens (including phenoxy) is 3. The average molecular weight is 666 g/mol. The minimum atomic E-state index is -4.22. The number of rotatable bonds is 12. The van der Waals surface area contributed by atoms with E-state index in [0.717, 1.165) is 16.7 Å². The maximum atomic E-state index is 13.8. The van der Waals surface area contributed by atoms with Gasteiger partial charge in [-0.15, -0.1) is 0 Å². The number of halogens is 1. The zero-order valence-electron chi connectivity index (χ0n) is 26.7. The largest absolute Gasteiger partial charge is 0.496 e. The fourth-order valence-corrected chi connectivity index (χ4v) is 5.90. The maximum absolute atomic E-state index is 13.8. The molecule has 3 aromatic carbocycles. The molecule has 14 heteroatoms. The van der Waals surface area contributed by atoms with Crippen LogP contribution in [0.5, 0.6) is 11.5 Å². The third kappa shape index (κ3) is 8.38. The van der Waals surface area contributed by atoms with Crippen molar-refractivity contribution in [2.24, 2.45) is 0 Å². The molecule has 0 spiro atoms. The first-order chi connectivity index (χ1) is 22.3. The number of benzene rings is 3. The third-order valence-corrected chi connectivity index (χ3v) is 8.29. The highest BCUT2D eigenvalue weighted by molar-refractivity contribution is 7.92. The van der Waals surface area contributed by atoms with Crippen molar-refractivity contribution in [3.8, 4) is 11.5 Å². The Balaban J connectivity index is 1.34. The minimum Gasteiger partial charge on any atom is -0.496 e. The number of carbonyl (C=O) groups excluding carboxylic acids is 1. The molecule has 0 atom stereocenters. The molecule has 1 amide bonds. The molecule has 0 aliphatic rings. The number of carbonyl (C=O) groups is 1. The molecular weight excluding hydrogens is 629 g/mol. The van der Waals surface area contributed by atoms with Gasteiger partial charge in [-0.3, -0.25) is 9.40 Å². The lowest BCUT2D eigenvalue weighted by molar-refractivity contribution is 0.0523.